The minimum absolute atomic E-state index is 0.575. The molecule has 23 heavy (non-hydrogen) atoms. The predicted octanol–water partition coefficient (Wildman–Crippen LogP) is 6.35. The topological polar surface area (TPSA) is 46.5 Å². The van der Waals surface area contributed by atoms with Crippen LogP contribution in [-0.2, 0) is 9.53 Å². The molecule has 1 N–H and O–H groups in total. The number of carboxylic acids is 1. The van der Waals surface area contributed by atoms with Gasteiger partial charge in [0.1, 0.15) is 0 Å². The molecule has 0 saturated carbocycles. The molecule has 0 aromatic rings. The number of carboxylic acid groups (broad SMARTS) is 1. The lowest BCUT2D eigenvalue weighted by molar-refractivity contribution is -0.151. The van der Waals surface area contributed by atoms with Gasteiger partial charge in [-0.15, -0.1) is 0 Å². The number of ether oxygens (including phenoxy) is 1. The molecule has 1 unspecified atom stereocenters. The van der Waals surface area contributed by atoms with E-state index in [0.29, 0.717) is 13.0 Å². The summed E-state index contributed by atoms with van der Waals surface area (Å²) >= 11 is 0. The van der Waals surface area contributed by atoms with Crippen molar-refractivity contribution in [3.8, 4) is 0 Å². The Bertz CT molecular complexity index is 253. The molecule has 1 atom stereocenters. The zero-order chi connectivity index (χ0) is 17.2. The van der Waals surface area contributed by atoms with Crippen LogP contribution in [-0.4, -0.2) is 23.8 Å². The van der Waals surface area contributed by atoms with Gasteiger partial charge in [-0.05, 0) is 12.8 Å². The minimum Gasteiger partial charge on any atom is -0.479 e. The van der Waals surface area contributed by atoms with Crippen LogP contribution in [0.1, 0.15) is 110 Å². The summed E-state index contributed by atoms with van der Waals surface area (Å²) in [6.07, 6.45) is 17.7. The van der Waals surface area contributed by atoms with Crippen LogP contribution in [0, 0.1) is 0 Å². The Morgan fingerprint density at radius 1 is 0.739 bits per heavy atom. The highest BCUT2D eigenvalue weighted by Gasteiger charge is 2.16. The SMILES string of the molecule is CCCCCCCCCCCCCCC(OCCCC)C(=O)O. The zero-order valence-electron chi connectivity index (χ0n) is 15.7. The number of aliphatic carboxylic acids is 1. The molecule has 0 radical (unpaired) electrons. The highest BCUT2D eigenvalue weighted by atomic mass is 16.5. The van der Waals surface area contributed by atoms with Gasteiger partial charge in [0.05, 0.1) is 0 Å². The molecule has 0 heterocycles. The van der Waals surface area contributed by atoms with Crippen LogP contribution < -0.4 is 0 Å². The van der Waals surface area contributed by atoms with E-state index in [4.69, 9.17) is 9.84 Å². The van der Waals surface area contributed by atoms with Crippen molar-refractivity contribution in [2.24, 2.45) is 0 Å². The molecule has 0 aliphatic carbocycles. The van der Waals surface area contributed by atoms with E-state index in [0.717, 1.165) is 25.7 Å². The lowest BCUT2D eigenvalue weighted by atomic mass is 10.0. The third-order valence-corrected chi connectivity index (χ3v) is 4.41. The van der Waals surface area contributed by atoms with E-state index in [9.17, 15) is 4.79 Å². The fourth-order valence-electron chi connectivity index (χ4n) is 2.82. The van der Waals surface area contributed by atoms with Gasteiger partial charge in [-0.3, -0.25) is 0 Å². The first kappa shape index (κ1) is 22.4. The van der Waals surface area contributed by atoms with Crippen molar-refractivity contribution in [2.45, 2.75) is 116 Å². The van der Waals surface area contributed by atoms with Gasteiger partial charge in [0.25, 0.3) is 0 Å². The molecule has 0 fully saturated rings. The first-order valence-corrected chi connectivity index (χ1v) is 10.1. The van der Waals surface area contributed by atoms with Gasteiger partial charge in [-0.2, -0.15) is 0 Å². The summed E-state index contributed by atoms with van der Waals surface area (Å²) in [6, 6.07) is 0. The van der Waals surface area contributed by atoms with Crippen molar-refractivity contribution in [2.75, 3.05) is 6.61 Å². The fourth-order valence-corrected chi connectivity index (χ4v) is 2.82. The Labute approximate surface area is 144 Å². The van der Waals surface area contributed by atoms with Crippen LogP contribution in [0.2, 0.25) is 0 Å². The second kappa shape index (κ2) is 17.8. The van der Waals surface area contributed by atoms with Crippen LogP contribution in [0.5, 0.6) is 0 Å². The maximum absolute atomic E-state index is 11.1. The summed E-state index contributed by atoms with van der Waals surface area (Å²) in [5.41, 5.74) is 0. The molecule has 0 spiro atoms. The van der Waals surface area contributed by atoms with Crippen LogP contribution in [0.4, 0.5) is 0 Å². The highest BCUT2D eigenvalue weighted by Crippen LogP contribution is 2.14. The Morgan fingerprint density at radius 3 is 1.61 bits per heavy atom. The van der Waals surface area contributed by atoms with Crippen molar-refractivity contribution in [3.05, 3.63) is 0 Å². The van der Waals surface area contributed by atoms with Crippen molar-refractivity contribution in [3.63, 3.8) is 0 Å². The number of hydrogen-bond donors (Lipinski definition) is 1. The largest absolute Gasteiger partial charge is 0.479 e. The maximum atomic E-state index is 11.1. The normalized spacial score (nSPS) is 12.4. The molecule has 0 aromatic heterocycles. The smallest absolute Gasteiger partial charge is 0.332 e. The number of rotatable bonds is 18. The Hall–Kier alpha value is -0.570. The first-order valence-electron chi connectivity index (χ1n) is 10.1. The van der Waals surface area contributed by atoms with E-state index in [1.54, 1.807) is 0 Å². The average molecular weight is 329 g/mol. The molecule has 0 aliphatic rings. The third-order valence-electron chi connectivity index (χ3n) is 4.41. The molecule has 3 nitrogen and oxygen atoms in total. The van der Waals surface area contributed by atoms with Gasteiger partial charge in [0, 0.05) is 6.61 Å². The second-order valence-corrected chi connectivity index (χ2v) is 6.73. The van der Waals surface area contributed by atoms with Crippen molar-refractivity contribution < 1.29 is 14.6 Å². The van der Waals surface area contributed by atoms with Crippen LogP contribution in [0.3, 0.4) is 0 Å². The lowest BCUT2D eigenvalue weighted by Gasteiger charge is -2.13. The molecular formula is C20H40O3. The zero-order valence-corrected chi connectivity index (χ0v) is 15.7. The quantitative estimate of drug-likeness (QED) is 0.298. The van der Waals surface area contributed by atoms with E-state index >= 15 is 0 Å². The Balaban J connectivity index is 3.34. The predicted molar refractivity (Wildman–Crippen MR) is 98.0 cm³/mol. The van der Waals surface area contributed by atoms with Gasteiger partial charge < -0.3 is 9.84 Å². The Kier molecular flexibility index (Phi) is 17.3. The molecule has 0 saturated heterocycles. The van der Waals surface area contributed by atoms with Crippen LogP contribution in [0.15, 0.2) is 0 Å². The van der Waals surface area contributed by atoms with Crippen molar-refractivity contribution in [1.29, 1.82) is 0 Å². The van der Waals surface area contributed by atoms with E-state index in [1.165, 1.54) is 64.2 Å². The molecule has 0 bridgehead atoms. The van der Waals surface area contributed by atoms with Crippen LogP contribution in [0.25, 0.3) is 0 Å². The summed E-state index contributed by atoms with van der Waals surface area (Å²) < 4.78 is 5.44. The summed E-state index contributed by atoms with van der Waals surface area (Å²) in [5, 5.41) is 9.12. The maximum Gasteiger partial charge on any atom is 0.332 e. The minimum atomic E-state index is -0.802. The first-order chi connectivity index (χ1) is 11.2. The number of hydrogen-bond acceptors (Lipinski definition) is 2. The molecule has 0 rings (SSSR count). The number of carbonyl (C=O) groups is 1. The monoisotopic (exact) mass is 328 g/mol. The second-order valence-electron chi connectivity index (χ2n) is 6.73. The van der Waals surface area contributed by atoms with Gasteiger partial charge in [-0.1, -0.05) is 97.3 Å². The van der Waals surface area contributed by atoms with E-state index in [1.807, 2.05) is 0 Å². The molecule has 138 valence electrons. The molecule has 0 amide bonds. The summed E-state index contributed by atoms with van der Waals surface area (Å²) in [7, 11) is 0. The lowest BCUT2D eigenvalue weighted by Crippen LogP contribution is -2.24. The van der Waals surface area contributed by atoms with E-state index in [2.05, 4.69) is 13.8 Å². The number of unbranched alkanes of at least 4 members (excludes halogenated alkanes) is 12. The third kappa shape index (κ3) is 16.1. The van der Waals surface area contributed by atoms with Crippen LogP contribution >= 0.6 is 0 Å². The molecule has 0 aromatic carbocycles. The Morgan fingerprint density at radius 2 is 1.17 bits per heavy atom. The highest BCUT2D eigenvalue weighted by molar-refractivity contribution is 5.72. The summed E-state index contributed by atoms with van der Waals surface area (Å²) in [5.74, 6) is -0.802. The van der Waals surface area contributed by atoms with Gasteiger partial charge >= 0.3 is 5.97 Å². The fraction of sp³-hybridized carbons (Fsp3) is 0.950. The molecular weight excluding hydrogens is 288 g/mol. The summed E-state index contributed by atoms with van der Waals surface area (Å²) in [6.45, 7) is 4.92. The van der Waals surface area contributed by atoms with Gasteiger partial charge in [0.15, 0.2) is 6.10 Å². The van der Waals surface area contributed by atoms with E-state index < -0.39 is 12.1 Å². The van der Waals surface area contributed by atoms with Crippen molar-refractivity contribution in [1.82, 2.24) is 0 Å². The average Bonchev–Trinajstić information content (AvgIpc) is 2.54. The molecule has 0 aliphatic heterocycles. The van der Waals surface area contributed by atoms with Gasteiger partial charge in [-0.25, -0.2) is 4.79 Å². The summed E-state index contributed by atoms with van der Waals surface area (Å²) in [4.78, 5) is 11.1. The van der Waals surface area contributed by atoms with E-state index in [-0.39, 0.29) is 0 Å². The van der Waals surface area contributed by atoms with Crippen molar-refractivity contribution >= 4 is 5.97 Å². The molecule has 3 heteroatoms. The van der Waals surface area contributed by atoms with Gasteiger partial charge in [0.2, 0.25) is 0 Å². The standard InChI is InChI=1S/C20H40O3/c1-3-5-7-8-9-10-11-12-13-14-15-16-17-19(20(21)22)23-18-6-4-2/h19H,3-18H2,1-2H3,(H,21,22).